The molecule has 5 nitrogen and oxygen atoms in total. The van der Waals surface area contributed by atoms with Crippen molar-refractivity contribution in [3.8, 4) is 6.07 Å². The molecule has 1 aromatic heterocycles. The SMILES string of the molecule is CSc1nc(N(CC=C(C)C)c2ccc(C#N)cc2)sc1C.NC=O. The molecule has 0 saturated carbocycles. The van der Waals surface area contributed by atoms with Gasteiger partial charge in [0.05, 0.1) is 11.6 Å². The van der Waals surface area contributed by atoms with Crippen molar-refractivity contribution in [2.75, 3.05) is 17.7 Å². The van der Waals surface area contributed by atoms with Gasteiger partial charge in [-0.3, -0.25) is 4.79 Å². The predicted molar refractivity (Wildman–Crippen MR) is 106 cm³/mol. The number of aromatic nitrogens is 1. The van der Waals surface area contributed by atoms with Crippen LogP contribution in [0.4, 0.5) is 10.8 Å². The minimum absolute atomic E-state index is 0.250. The van der Waals surface area contributed by atoms with Crippen molar-refractivity contribution in [3.63, 3.8) is 0 Å². The summed E-state index contributed by atoms with van der Waals surface area (Å²) in [5.74, 6) is 0. The molecule has 2 aromatic rings. The number of thioether (sulfide) groups is 1. The second-order valence-corrected chi connectivity index (χ2v) is 7.23. The number of aryl methyl sites for hydroxylation is 1. The van der Waals surface area contributed by atoms with Gasteiger partial charge in [0, 0.05) is 17.1 Å². The normalized spacial score (nSPS) is 9.40. The van der Waals surface area contributed by atoms with Crippen LogP contribution < -0.4 is 10.6 Å². The van der Waals surface area contributed by atoms with E-state index in [-0.39, 0.29) is 6.41 Å². The van der Waals surface area contributed by atoms with Crippen LogP contribution in [0.25, 0.3) is 0 Å². The molecule has 132 valence electrons. The number of hydrogen-bond donors (Lipinski definition) is 1. The number of amides is 1. The largest absolute Gasteiger partial charge is 0.372 e. The zero-order chi connectivity index (χ0) is 18.8. The van der Waals surface area contributed by atoms with Gasteiger partial charge in [0.15, 0.2) is 5.13 Å². The Morgan fingerprint density at radius 2 is 2.00 bits per heavy atom. The molecular formula is C18H22N4OS2. The van der Waals surface area contributed by atoms with Crippen LogP contribution in [-0.4, -0.2) is 24.2 Å². The molecule has 25 heavy (non-hydrogen) atoms. The molecule has 0 aliphatic carbocycles. The van der Waals surface area contributed by atoms with Crippen LogP contribution in [0.5, 0.6) is 0 Å². The lowest BCUT2D eigenvalue weighted by molar-refractivity contribution is -0.106. The van der Waals surface area contributed by atoms with E-state index >= 15 is 0 Å². The molecule has 0 fully saturated rings. The van der Waals surface area contributed by atoms with E-state index in [9.17, 15) is 0 Å². The third-order valence-corrected chi connectivity index (χ3v) is 5.06. The second-order valence-electron chi connectivity index (χ2n) is 5.25. The summed E-state index contributed by atoms with van der Waals surface area (Å²) >= 11 is 3.38. The van der Waals surface area contributed by atoms with Crippen LogP contribution in [0.3, 0.4) is 0 Å². The Bertz CT molecular complexity index is 756. The maximum Gasteiger partial charge on any atom is 0.204 e. The zero-order valence-electron chi connectivity index (χ0n) is 14.8. The Morgan fingerprint density at radius 3 is 2.44 bits per heavy atom. The standard InChI is InChI=1S/C17H19N3S2.CH3NO/c1-12(2)9-10-20(15-7-5-14(11-18)6-8-15)17-19-16(21-4)13(3)22-17;2-1-3/h5-9H,10H2,1-4H3;1H,(H2,2,3). The average molecular weight is 375 g/mol. The first-order valence-corrected chi connectivity index (χ1v) is 9.58. The van der Waals surface area contributed by atoms with E-state index in [4.69, 9.17) is 15.0 Å². The van der Waals surface area contributed by atoms with Gasteiger partial charge in [-0.05, 0) is 51.3 Å². The smallest absolute Gasteiger partial charge is 0.204 e. The van der Waals surface area contributed by atoms with Crippen LogP contribution in [0.15, 0.2) is 40.9 Å². The monoisotopic (exact) mass is 374 g/mol. The van der Waals surface area contributed by atoms with Crippen LogP contribution in [-0.2, 0) is 4.79 Å². The van der Waals surface area contributed by atoms with E-state index in [2.05, 4.69) is 43.6 Å². The number of anilines is 2. The lowest BCUT2D eigenvalue weighted by Crippen LogP contribution is -2.16. The van der Waals surface area contributed by atoms with Crippen molar-refractivity contribution in [1.82, 2.24) is 4.98 Å². The van der Waals surface area contributed by atoms with E-state index in [1.54, 1.807) is 23.1 Å². The van der Waals surface area contributed by atoms with Crippen molar-refractivity contribution in [2.24, 2.45) is 5.73 Å². The molecule has 0 saturated heterocycles. The fraction of sp³-hybridized carbons (Fsp3) is 0.278. The topological polar surface area (TPSA) is 83.0 Å². The maximum atomic E-state index is 8.95. The van der Waals surface area contributed by atoms with Gasteiger partial charge in [-0.25, -0.2) is 4.98 Å². The van der Waals surface area contributed by atoms with Crippen molar-refractivity contribution in [3.05, 3.63) is 46.4 Å². The number of rotatable bonds is 5. The Kier molecular flexibility index (Phi) is 8.75. The van der Waals surface area contributed by atoms with Crippen molar-refractivity contribution < 1.29 is 4.79 Å². The van der Waals surface area contributed by atoms with E-state index in [0.29, 0.717) is 5.56 Å². The summed E-state index contributed by atoms with van der Waals surface area (Å²) in [6.45, 7) is 7.06. The molecule has 1 heterocycles. The van der Waals surface area contributed by atoms with Crippen LogP contribution in [0.2, 0.25) is 0 Å². The second kappa shape index (κ2) is 10.5. The molecule has 0 aliphatic heterocycles. The number of primary amides is 1. The molecule has 0 bridgehead atoms. The number of nitrogens with two attached hydrogens (primary N) is 1. The Balaban J connectivity index is 0.000000970. The molecule has 1 amide bonds. The van der Waals surface area contributed by atoms with Gasteiger partial charge in [0.1, 0.15) is 5.03 Å². The fourth-order valence-electron chi connectivity index (χ4n) is 1.96. The van der Waals surface area contributed by atoms with Gasteiger partial charge in [-0.15, -0.1) is 23.1 Å². The summed E-state index contributed by atoms with van der Waals surface area (Å²) in [5, 5.41) is 11.0. The summed E-state index contributed by atoms with van der Waals surface area (Å²) < 4.78 is 0. The minimum atomic E-state index is 0.250. The van der Waals surface area contributed by atoms with Gasteiger partial charge in [0.2, 0.25) is 6.41 Å². The van der Waals surface area contributed by atoms with E-state index in [0.717, 1.165) is 22.4 Å². The van der Waals surface area contributed by atoms with Crippen molar-refractivity contribution in [1.29, 1.82) is 5.26 Å². The van der Waals surface area contributed by atoms with Crippen molar-refractivity contribution >= 4 is 40.3 Å². The van der Waals surface area contributed by atoms with Crippen LogP contribution in [0.1, 0.15) is 24.3 Å². The highest BCUT2D eigenvalue weighted by Gasteiger charge is 2.15. The molecule has 2 rings (SSSR count). The number of nitriles is 1. The molecule has 7 heteroatoms. The quantitative estimate of drug-likeness (QED) is 0.480. The fourth-order valence-corrected chi connectivity index (χ4v) is 3.69. The predicted octanol–water partition coefficient (Wildman–Crippen LogP) is 4.25. The summed E-state index contributed by atoms with van der Waals surface area (Å²) in [5.41, 5.74) is 7.17. The third kappa shape index (κ3) is 6.25. The number of hydrogen-bond acceptors (Lipinski definition) is 6. The number of carbonyl (C=O) groups excluding carboxylic acids is 1. The van der Waals surface area contributed by atoms with E-state index in [1.807, 2.05) is 30.5 Å². The van der Waals surface area contributed by atoms with Gasteiger partial charge in [-0.1, -0.05) is 11.6 Å². The molecular weight excluding hydrogens is 352 g/mol. The Labute approximate surface area is 157 Å². The minimum Gasteiger partial charge on any atom is -0.372 e. The van der Waals surface area contributed by atoms with Gasteiger partial charge in [0.25, 0.3) is 0 Å². The number of benzene rings is 1. The summed E-state index contributed by atoms with van der Waals surface area (Å²) in [6.07, 6.45) is 4.49. The van der Waals surface area contributed by atoms with Crippen LogP contribution in [0, 0.1) is 18.3 Å². The zero-order valence-corrected chi connectivity index (χ0v) is 16.4. The molecule has 0 aliphatic rings. The average Bonchev–Trinajstić information content (AvgIpc) is 2.96. The summed E-state index contributed by atoms with van der Waals surface area (Å²) in [6, 6.07) is 9.81. The third-order valence-electron chi connectivity index (χ3n) is 3.16. The molecule has 0 radical (unpaired) electrons. The lowest BCUT2D eigenvalue weighted by atomic mass is 10.2. The molecule has 0 unspecified atom stereocenters. The number of thiazole rings is 1. The molecule has 0 atom stereocenters. The number of nitrogens with zero attached hydrogens (tertiary/aromatic N) is 3. The number of carbonyl (C=O) groups is 1. The Hall–Kier alpha value is -2.30. The van der Waals surface area contributed by atoms with Crippen molar-refractivity contribution in [2.45, 2.75) is 25.8 Å². The first-order valence-electron chi connectivity index (χ1n) is 7.54. The first kappa shape index (κ1) is 20.7. The molecule has 1 aromatic carbocycles. The highest BCUT2D eigenvalue weighted by molar-refractivity contribution is 7.98. The van der Waals surface area contributed by atoms with E-state index < -0.39 is 0 Å². The number of allylic oxidation sites excluding steroid dienone is 1. The highest BCUT2D eigenvalue weighted by atomic mass is 32.2. The van der Waals surface area contributed by atoms with Gasteiger partial charge >= 0.3 is 0 Å². The Morgan fingerprint density at radius 1 is 1.40 bits per heavy atom. The van der Waals surface area contributed by atoms with E-state index in [1.165, 1.54) is 10.5 Å². The van der Waals surface area contributed by atoms with Gasteiger partial charge in [-0.2, -0.15) is 5.26 Å². The summed E-state index contributed by atoms with van der Waals surface area (Å²) in [7, 11) is 0. The highest BCUT2D eigenvalue weighted by Crippen LogP contribution is 2.34. The summed E-state index contributed by atoms with van der Waals surface area (Å²) in [4.78, 5) is 16.7. The lowest BCUT2D eigenvalue weighted by Gasteiger charge is -2.20. The molecule has 2 N–H and O–H groups in total. The van der Waals surface area contributed by atoms with Gasteiger partial charge < -0.3 is 10.6 Å². The molecule has 0 spiro atoms. The maximum absolute atomic E-state index is 8.95. The first-order chi connectivity index (χ1) is 12.0. The van der Waals surface area contributed by atoms with Crippen LogP contribution >= 0.6 is 23.1 Å².